The molecular weight excluding hydrogens is 256 g/mol. The van der Waals surface area contributed by atoms with E-state index in [4.69, 9.17) is 5.11 Å². The van der Waals surface area contributed by atoms with Crippen LogP contribution in [0.5, 0.6) is 0 Å². The molecule has 1 aromatic heterocycles. The van der Waals surface area contributed by atoms with E-state index >= 15 is 0 Å². The van der Waals surface area contributed by atoms with Crippen molar-refractivity contribution < 1.29 is 14.7 Å². The zero-order valence-electron chi connectivity index (χ0n) is 10.5. The summed E-state index contributed by atoms with van der Waals surface area (Å²) in [6.45, 7) is 5.10. The molecule has 0 aromatic carbocycles. The Morgan fingerprint density at radius 2 is 2.11 bits per heavy atom. The number of urea groups is 1. The van der Waals surface area contributed by atoms with Crippen LogP contribution in [0.15, 0.2) is 0 Å². The second-order valence-corrected chi connectivity index (χ2v) is 4.96. The normalized spacial score (nSPS) is 10.4. The van der Waals surface area contributed by atoms with Gasteiger partial charge in [0.2, 0.25) is 5.13 Å². The van der Waals surface area contributed by atoms with Gasteiger partial charge >= 0.3 is 12.0 Å². The number of nitrogens with zero attached hydrogens (tertiary/aromatic N) is 3. The average Bonchev–Trinajstić information content (AvgIpc) is 2.72. The summed E-state index contributed by atoms with van der Waals surface area (Å²) >= 11 is 1.28. The summed E-state index contributed by atoms with van der Waals surface area (Å²) in [5.41, 5.74) is 0. The molecule has 1 rings (SSSR count). The molecule has 0 spiro atoms. The minimum atomic E-state index is -1.05. The molecule has 1 heterocycles. The van der Waals surface area contributed by atoms with E-state index < -0.39 is 12.0 Å². The highest BCUT2D eigenvalue weighted by Gasteiger charge is 2.20. The molecule has 2 N–H and O–H groups in total. The summed E-state index contributed by atoms with van der Waals surface area (Å²) in [4.78, 5) is 23.8. The number of carboxylic acid groups (broad SMARTS) is 1. The smallest absolute Gasteiger partial charge is 0.324 e. The van der Waals surface area contributed by atoms with Crippen molar-refractivity contribution in [2.75, 3.05) is 11.9 Å². The molecule has 0 saturated carbocycles. The Bertz CT molecular complexity index is 433. The molecular formula is C10H16N4O3S. The van der Waals surface area contributed by atoms with Gasteiger partial charge in [-0.15, -0.1) is 10.2 Å². The van der Waals surface area contributed by atoms with Gasteiger partial charge in [-0.25, -0.2) is 4.79 Å². The third kappa shape index (κ3) is 3.95. The van der Waals surface area contributed by atoms with Crippen LogP contribution >= 0.6 is 11.3 Å². The van der Waals surface area contributed by atoms with Crippen LogP contribution < -0.4 is 5.32 Å². The Labute approximate surface area is 109 Å². The van der Waals surface area contributed by atoms with Crippen LogP contribution in [-0.2, 0) is 11.2 Å². The molecule has 0 saturated heterocycles. The molecule has 1 aromatic rings. The molecule has 8 heteroatoms. The first kappa shape index (κ1) is 14.4. The van der Waals surface area contributed by atoms with Crippen LogP contribution in [0, 0.1) is 0 Å². The number of carbonyl (C=O) groups excluding carboxylic acids is 1. The van der Waals surface area contributed by atoms with Gasteiger partial charge in [-0.3, -0.25) is 10.1 Å². The number of hydrogen-bond donors (Lipinski definition) is 2. The van der Waals surface area contributed by atoms with Crippen LogP contribution in [0.25, 0.3) is 0 Å². The van der Waals surface area contributed by atoms with Gasteiger partial charge in [0.05, 0.1) is 0 Å². The van der Waals surface area contributed by atoms with E-state index in [0.29, 0.717) is 5.13 Å². The van der Waals surface area contributed by atoms with Crippen molar-refractivity contribution in [2.24, 2.45) is 0 Å². The number of aromatic nitrogens is 2. The number of rotatable bonds is 5. The standard InChI is InChI=1S/C10H16N4O3S/c1-4-7-12-13-9(18-7)11-10(17)14(6(2)3)5-8(15)16/h6H,4-5H2,1-3H3,(H,15,16)(H,11,13,17). The fraction of sp³-hybridized carbons (Fsp3) is 0.600. The van der Waals surface area contributed by atoms with Crippen molar-refractivity contribution in [3.8, 4) is 0 Å². The van der Waals surface area contributed by atoms with Crippen LogP contribution in [0.1, 0.15) is 25.8 Å². The number of hydrogen-bond acceptors (Lipinski definition) is 5. The summed E-state index contributed by atoms with van der Waals surface area (Å²) < 4.78 is 0. The van der Waals surface area contributed by atoms with E-state index in [2.05, 4.69) is 15.5 Å². The molecule has 7 nitrogen and oxygen atoms in total. The quantitative estimate of drug-likeness (QED) is 0.845. The average molecular weight is 272 g/mol. The highest BCUT2D eigenvalue weighted by molar-refractivity contribution is 7.15. The van der Waals surface area contributed by atoms with Crippen molar-refractivity contribution >= 4 is 28.5 Å². The highest BCUT2D eigenvalue weighted by atomic mass is 32.1. The van der Waals surface area contributed by atoms with E-state index in [1.807, 2.05) is 6.92 Å². The fourth-order valence-corrected chi connectivity index (χ4v) is 1.91. The van der Waals surface area contributed by atoms with E-state index in [9.17, 15) is 9.59 Å². The predicted octanol–water partition coefficient (Wildman–Crippen LogP) is 1.43. The molecule has 0 fully saturated rings. The second kappa shape index (κ2) is 6.29. The third-order valence-corrected chi connectivity index (χ3v) is 3.16. The number of anilines is 1. The zero-order valence-corrected chi connectivity index (χ0v) is 11.3. The summed E-state index contributed by atoms with van der Waals surface area (Å²) in [5, 5.41) is 20.2. The van der Waals surface area contributed by atoms with Gasteiger partial charge in [0.15, 0.2) is 0 Å². The topological polar surface area (TPSA) is 95.4 Å². The van der Waals surface area contributed by atoms with Gasteiger partial charge in [0, 0.05) is 6.04 Å². The largest absolute Gasteiger partial charge is 0.480 e. The second-order valence-electron chi connectivity index (χ2n) is 3.90. The molecule has 0 radical (unpaired) electrons. The zero-order chi connectivity index (χ0) is 13.7. The first-order chi connectivity index (χ1) is 8.43. The van der Waals surface area contributed by atoms with Crippen molar-refractivity contribution in [3.63, 3.8) is 0 Å². The first-order valence-electron chi connectivity index (χ1n) is 5.55. The van der Waals surface area contributed by atoms with Gasteiger partial charge in [0.25, 0.3) is 0 Å². The van der Waals surface area contributed by atoms with E-state index in [-0.39, 0.29) is 12.6 Å². The molecule has 0 bridgehead atoms. The number of amides is 2. The van der Waals surface area contributed by atoms with E-state index in [1.165, 1.54) is 16.2 Å². The molecule has 0 atom stereocenters. The van der Waals surface area contributed by atoms with Crippen LogP contribution in [0.2, 0.25) is 0 Å². The van der Waals surface area contributed by atoms with Gasteiger partial charge in [-0.2, -0.15) is 0 Å². The molecule has 0 aliphatic carbocycles. The lowest BCUT2D eigenvalue weighted by atomic mass is 10.3. The molecule has 2 amide bonds. The number of carboxylic acids is 1. The van der Waals surface area contributed by atoms with Gasteiger partial charge in [-0.1, -0.05) is 18.3 Å². The number of carbonyl (C=O) groups is 2. The van der Waals surface area contributed by atoms with Gasteiger partial charge < -0.3 is 10.0 Å². The summed E-state index contributed by atoms with van der Waals surface area (Å²) in [7, 11) is 0. The van der Waals surface area contributed by atoms with Gasteiger partial charge in [0.1, 0.15) is 11.6 Å². The van der Waals surface area contributed by atoms with Crippen molar-refractivity contribution in [1.29, 1.82) is 0 Å². The number of aryl methyl sites for hydroxylation is 1. The summed E-state index contributed by atoms with van der Waals surface area (Å²) in [6, 6.07) is -0.689. The Hall–Kier alpha value is -1.70. The third-order valence-electron chi connectivity index (χ3n) is 2.17. The van der Waals surface area contributed by atoms with Crippen molar-refractivity contribution in [1.82, 2.24) is 15.1 Å². The van der Waals surface area contributed by atoms with Gasteiger partial charge in [-0.05, 0) is 20.3 Å². The van der Waals surface area contributed by atoms with Crippen molar-refractivity contribution in [2.45, 2.75) is 33.2 Å². The summed E-state index contributed by atoms with van der Waals surface area (Å²) in [5.74, 6) is -1.05. The minimum Gasteiger partial charge on any atom is -0.480 e. The predicted molar refractivity (Wildman–Crippen MR) is 67.8 cm³/mol. The van der Waals surface area contributed by atoms with Crippen molar-refractivity contribution in [3.05, 3.63) is 5.01 Å². The first-order valence-corrected chi connectivity index (χ1v) is 6.37. The minimum absolute atomic E-state index is 0.209. The monoisotopic (exact) mass is 272 g/mol. The SMILES string of the molecule is CCc1nnc(NC(=O)N(CC(=O)O)C(C)C)s1. The molecule has 0 aliphatic heterocycles. The van der Waals surface area contributed by atoms with E-state index in [1.54, 1.807) is 13.8 Å². The lowest BCUT2D eigenvalue weighted by Crippen LogP contribution is -2.43. The van der Waals surface area contributed by atoms with Crippen LogP contribution in [0.4, 0.5) is 9.93 Å². The Kier molecular flexibility index (Phi) is 5.02. The van der Waals surface area contributed by atoms with Crippen LogP contribution in [-0.4, -0.2) is 44.8 Å². The van der Waals surface area contributed by atoms with Crippen LogP contribution in [0.3, 0.4) is 0 Å². The lowest BCUT2D eigenvalue weighted by molar-refractivity contribution is -0.137. The molecule has 18 heavy (non-hydrogen) atoms. The Balaban J connectivity index is 2.69. The lowest BCUT2D eigenvalue weighted by Gasteiger charge is -2.24. The maximum absolute atomic E-state index is 11.9. The summed E-state index contributed by atoms with van der Waals surface area (Å²) in [6.07, 6.45) is 0.747. The molecule has 0 unspecified atom stereocenters. The fourth-order valence-electron chi connectivity index (χ4n) is 1.24. The highest BCUT2D eigenvalue weighted by Crippen LogP contribution is 2.16. The Morgan fingerprint density at radius 3 is 2.56 bits per heavy atom. The molecule has 0 aliphatic rings. The molecule has 100 valence electrons. The number of nitrogens with one attached hydrogen (secondary N) is 1. The number of aliphatic carboxylic acids is 1. The van der Waals surface area contributed by atoms with E-state index in [0.717, 1.165) is 11.4 Å². The maximum Gasteiger partial charge on any atom is 0.324 e. The Morgan fingerprint density at radius 1 is 1.44 bits per heavy atom. The maximum atomic E-state index is 11.9.